The van der Waals surface area contributed by atoms with Gasteiger partial charge in [0.15, 0.2) is 5.69 Å². The highest BCUT2D eigenvalue weighted by atomic mass is 16.5. The van der Waals surface area contributed by atoms with Crippen molar-refractivity contribution < 1.29 is 19.1 Å². The molecule has 0 spiro atoms. The summed E-state index contributed by atoms with van der Waals surface area (Å²) in [5.74, 6) is -0.622. The zero-order valence-electron chi connectivity index (χ0n) is 16.0. The van der Waals surface area contributed by atoms with Crippen molar-refractivity contribution in [3.8, 4) is 0 Å². The van der Waals surface area contributed by atoms with Crippen LogP contribution in [0.4, 0.5) is 0 Å². The summed E-state index contributed by atoms with van der Waals surface area (Å²) in [5.41, 5.74) is 2.13. The normalized spacial score (nSPS) is 10.8. The van der Waals surface area contributed by atoms with Crippen molar-refractivity contribution in [2.45, 2.75) is 39.3 Å². The summed E-state index contributed by atoms with van der Waals surface area (Å²) in [6.45, 7) is 3.02. The Morgan fingerprint density at radius 1 is 0.964 bits per heavy atom. The molecule has 0 saturated heterocycles. The number of aryl methyl sites for hydroxylation is 1. The SMILES string of the molecule is CCOC(=O)CCCCn1nc(C(=O)OCc2ccccc2)c2ccccc21. The molecule has 0 N–H and O–H groups in total. The second-order valence-electron chi connectivity index (χ2n) is 6.41. The van der Waals surface area contributed by atoms with Crippen LogP contribution in [-0.2, 0) is 27.4 Å². The van der Waals surface area contributed by atoms with Gasteiger partial charge in [-0.3, -0.25) is 9.48 Å². The van der Waals surface area contributed by atoms with Gasteiger partial charge in [-0.25, -0.2) is 4.79 Å². The van der Waals surface area contributed by atoms with Crippen LogP contribution in [0.15, 0.2) is 54.6 Å². The van der Waals surface area contributed by atoms with Gasteiger partial charge in [0.2, 0.25) is 0 Å². The first kappa shape index (κ1) is 19.6. The van der Waals surface area contributed by atoms with Gasteiger partial charge < -0.3 is 9.47 Å². The molecule has 3 aromatic rings. The highest BCUT2D eigenvalue weighted by molar-refractivity contribution is 6.02. The second kappa shape index (κ2) is 9.69. The van der Waals surface area contributed by atoms with E-state index in [0.717, 1.165) is 22.9 Å². The largest absolute Gasteiger partial charge is 0.466 e. The number of para-hydroxylation sites is 1. The smallest absolute Gasteiger partial charge is 0.359 e. The number of esters is 2. The molecule has 28 heavy (non-hydrogen) atoms. The number of aromatic nitrogens is 2. The highest BCUT2D eigenvalue weighted by Gasteiger charge is 2.18. The zero-order valence-corrected chi connectivity index (χ0v) is 16.0. The minimum absolute atomic E-state index is 0.182. The predicted molar refractivity (Wildman–Crippen MR) is 106 cm³/mol. The summed E-state index contributed by atoms with van der Waals surface area (Å²) in [5, 5.41) is 5.25. The van der Waals surface area contributed by atoms with Gasteiger partial charge in [-0.15, -0.1) is 0 Å². The summed E-state index contributed by atoms with van der Waals surface area (Å²) in [4.78, 5) is 24.0. The van der Waals surface area contributed by atoms with E-state index in [1.807, 2.05) is 54.6 Å². The fraction of sp³-hybridized carbons (Fsp3) is 0.318. The van der Waals surface area contributed by atoms with Crippen LogP contribution in [-0.4, -0.2) is 28.3 Å². The van der Waals surface area contributed by atoms with E-state index in [4.69, 9.17) is 9.47 Å². The molecule has 2 aromatic carbocycles. The van der Waals surface area contributed by atoms with Crippen LogP contribution in [0.25, 0.3) is 10.9 Å². The molecule has 0 bridgehead atoms. The molecular weight excluding hydrogens is 356 g/mol. The number of unbranched alkanes of at least 4 members (excludes halogenated alkanes) is 1. The molecule has 0 atom stereocenters. The Labute approximate surface area is 164 Å². The molecule has 6 heteroatoms. The average molecular weight is 380 g/mol. The third-order valence-electron chi connectivity index (χ3n) is 4.37. The quantitative estimate of drug-likeness (QED) is 0.412. The standard InChI is InChI=1S/C22H24N2O4/c1-2-27-20(25)14-8-9-15-24-19-13-7-6-12-18(19)21(23-24)22(26)28-16-17-10-4-3-5-11-17/h3-7,10-13H,2,8-9,14-16H2,1H3. The predicted octanol–water partition coefficient (Wildman–Crippen LogP) is 4.13. The Morgan fingerprint density at radius 3 is 2.50 bits per heavy atom. The molecule has 0 unspecified atom stereocenters. The van der Waals surface area contributed by atoms with E-state index in [0.29, 0.717) is 31.7 Å². The van der Waals surface area contributed by atoms with Crippen molar-refractivity contribution in [2.75, 3.05) is 6.61 Å². The van der Waals surface area contributed by atoms with E-state index >= 15 is 0 Å². The lowest BCUT2D eigenvalue weighted by Gasteiger charge is -2.04. The second-order valence-corrected chi connectivity index (χ2v) is 6.41. The van der Waals surface area contributed by atoms with Crippen molar-refractivity contribution in [2.24, 2.45) is 0 Å². The van der Waals surface area contributed by atoms with Gasteiger partial charge in [0, 0.05) is 18.4 Å². The van der Waals surface area contributed by atoms with Gasteiger partial charge in [0.25, 0.3) is 0 Å². The van der Waals surface area contributed by atoms with E-state index in [9.17, 15) is 9.59 Å². The lowest BCUT2D eigenvalue weighted by molar-refractivity contribution is -0.143. The molecule has 1 heterocycles. The number of hydrogen-bond donors (Lipinski definition) is 0. The Kier molecular flexibility index (Phi) is 6.78. The molecule has 6 nitrogen and oxygen atoms in total. The van der Waals surface area contributed by atoms with Crippen LogP contribution in [0.2, 0.25) is 0 Å². The third-order valence-corrected chi connectivity index (χ3v) is 4.37. The molecule has 0 fully saturated rings. The van der Waals surface area contributed by atoms with Crippen LogP contribution in [0.3, 0.4) is 0 Å². The Morgan fingerprint density at radius 2 is 1.71 bits per heavy atom. The van der Waals surface area contributed by atoms with E-state index in [2.05, 4.69) is 5.10 Å². The average Bonchev–Trinajstić information content (AvgIpc) is 3.09. The van der Waals surface area contributed by atoms with Gasteiger partial charge in [-0.1, -0.05) is 48.5 Å². The number of carbonyl (C=O) groups is 2. The van der Waals surface area contributed by atoms with Crippen molar-refractivity contribution in [3.63, 3.8) is 0 Å². The fourth-order valence-corrected chi connectivity index (χ4v) is 3.00. The van der Waals surface area contributed by atoms with Crippen LogP contribution in [0, 0.1) is 0 Å². The Bertz CT molecular complexity index is 934. The van der Waals surface area contributed by atoms with Crippen LogP contribution < -0.4 is 0 Å². The monoisotopic (exact) mass is 380 g/mol. The first-order valence-electron chi connectivity index (χ1n) is 9.51. The maximum atomic E-state index is 12.6. The summed E-state index contributed by atoms with van der Waals surface area (Å²) < 4.78 is 12.2. The van der Waals surface area contributed by atoms with Gasteiger partial charge in [-0.05, 0) is 31.4 Å². The maximum Gasteiger partial charge on any atom is 0.359 e. The van der Waals surface area contributed by atoms with Crippen molar-refractivity contribution in [1.82, 2.24) is 9.78 Å². The zero-order chi connectivity index (χ0) is 19.8. The van der Waals surface area contributed by atoms with Crippen molar-refractivity contribution in [3.05, 3.63) is 65.9 Å². The number of benzene rings is 2. The van der Waals surface area contributed by atoms with E-state index < -0.39 is 5.97 Å². The molecule has 0 amide bonds. The molecule has 3 rings (SSSR count). The lowest BCUT2D eigenvalue weighted by Crippen LogP contribution is -2.08. The van der Waals surface area contributed by atoms with Crippen molar-refractivity contribution in [1.29, 1.82) is 0 Å². The first-order valence-corrected chi connectivity index (χ1v) is 9.51. The van der Waals surface area contributed by atoms with E-state index in [-0.39, 0.29) is 12.6 Å². The van der Waals surface area contributed by atoms with Crippen LogP contribution in [0.1, 0.15) is 42.2 Å². The molecule has 0 aliphatic carbocycles. The molecule has 0 saturated carbocycles. The third kappa shape index (κ3) is 4.97. The minimum Gasteiger partial charge on any atom is -0.466 e. The molecular formula is C22H24N2O4. The molecule has 0 radical (unpaired) electrons. The summed E-state index contributed by atoms with van der Waals surface area (Å²) >= 11 is 0. The lowest BCUT2D eigenvalue weighted by atomic mass is 10.2. The van der Waals surface area contributed by atoms with Crippen LogP contribution in [0.5, 0.6) is 0 Å². The van der Waals surface area contributed by atoms with Crippen LogP contribution >= 0.6 is 0 Å². The Balaban J connectivity index is 1.66. The number of hydrogen-bond acceptors (Lipinski definition) is 5. The number of rotatable bonds is 9. The number of ether oxygens (including phenoxy) is 2. The topological polar surface area (TPSA) is 70.4 Å². The Hall–Kier alpha value is -3.15. The molecule has 146 valence electrons. The summed E-state index contributed by atoms with van der Waals surface area (Å²) in [7, 11) is 0. The van der Waals surface area contributed by atoms with E-state index in [1.165, 1.54) is 0 Å². The molecule has 1 aromatic heterocycles. The number of carbonyl (C=O) groups excluding carboxylic acids is 2. The first-order chi connectivity index (χ1) is 13.7. The molecule has 0 aliphatic rings. The van der Waals surface area contributed by atoms with Crippen molar-refractivity contribution >= 4 is 22.8 Å². The number of fused-ring (bicyclic) bond motifs is 1. The summed E-state index contributed by atoms with van der Waals surface area (Å²) in [6, 6.07) is 17.1. The maximum absolute atomic E-state index is 12.6. The van der Waals surface area contributed by atoms with E-state index in [1.54, 1.807) is 11.6 Å². The van der Waals surface area contributed by atoms with Gasteiger partial charge >= 0.3 is 11.9 Å². The van der Waals surface area contributed by atoms with Gasteiger partial charge in [-0.2, -0.15) is 5.10 Å². The molecule has 0 aliphatic heterocycles. The van der Waals surface area contributed by atoms with Gasteiger partial charge in [0.05, 0.1) is 12.1 Å². The fourth-order valence-electron chi connectivity index (χ4n) is 3.00. The summed E-state index contributed by atoms with van der Waals surface area (Å²) in [6.07, 6.45) is 1.86. The highest BCUT2D eigenvalue weighted by Crippen LogP contribution is 2.20. The minimum atomic E-state index is -0.440. The number of nitrogens with zero attached hydrogens (tertiary/aromatic N) is 2. The van der Waals surface area contributed by atoms with Gasteiger partial charge in [0.1, 0.15) is 6.61 Å².